The van der Waals surface area contributed by atoms with Crippen LogP contribution in [0.3, 0.4) is 0 Å². The molecule has 0 amide bonds. The van der Waals surface area contributed by atoms with Gasteiger partial charge < -0.3 is 4.74 Å². The van der Waals surface area contributed by atoms with Crippen LogP contribution in [0.1, 0.15) is 65.2 Å². The first-order chi connectivity index (χ1) is 11.0. The molecule has 0 heterocycles. The summed E-state index contributed by atoms with van der Waals surface area (Å²) in [4.78, 5) is 12.6. The Kier molecular flexibility index (Phi) is 3.52. The lowest BCUT2D eigenvalue weighted by molar-refractivity contribution is -0.133. The Morgan fingerprint density at radius 1 is 1.22 bits per heavy atom. The quantitative estimate of drug-likeness (QED) is 0.713. The number of carbonyl (C=O) groups is 1. The first-order valence-electron chi connectivity index (χ1n) is 9.53. The Hall–Kier alpha value is -1.05. The number of allylic oxidation sites excluding steroid dienone is 4. The molecule has 0 aliphatic heterocycles. The molecule has 0 bridgehead atoms. The van der Waals surface area contributed by atoms with E-state index in [0.717, 1.165) is 49.7 Å². The van der Waals surface area contributed by atoms with Gasteiger partial charge in [-0.2, -0.15) is 0 Å². The Balaban J connectivity index is 1.71. The van der Waals surface area contributed by atoms with Crippen LogP contribution >= 0.6 is 0 Å². The Labute approximate surface area is 140 Å². The summed E-state index contributed by atoms with van der Waals surface area (Å²) >= 11 is 0. The summed E-state index contributed by atoms with van der Waals surface area (Å²) in [6.45, 7) is 4.73. The van der Waals surface area contributed by atoms with Gasteiger partial charge in [-0.3, -0.25) is 4.79 Å². The molecule has 126 valence electrons. The van der Waals surface area contributed by atoms with Crippen LogP contribution in [-0.4, -0.2) is 12.9 Å². The third-order valence-electron chi connectivity index (χ3n) is 8.07. The van der Waals surface area contributed by atoms with Crippen LogP contribution in [0, 0.1) is 28.6 Å². The fraction of sp³-hybridized carbons (Fsp3) is 0.762. The van der Waals surface area contributed by atoms with Crippen LogP contribution in [0.5, 0.6) is 0 Å². The zero-order valence-electron chi connectivity index (χ0n) is 14.9. The molecule has 23 heavy (non-hydrogen) atoms. The molecule has 4 aliphatic rings. The van der Waals surface area contributed by atoms with E-state index in [1.54, 1.807) is 7.11 Å². The van der Waals surface area contributed by atoms with E-state index in [9.17, 15) is 4.79 Å². The van der Waals surface area contributed by atoms with Gasteiger partial charge in [-0.25, -0.2) is 0 Å². The summed E-state index contributed by atoms with van der Waals surface area (Å²) in [5.74, 6) is 3.84. The van der Waals surface area contributed by atoms with Crippen molar-refractivity contribution in [3.63, 3.8) is 0 Å². The van der Waals surface area contributed by atoms with Crippen molar-refractivity contribution >= 4 is 5.78 Å². The molecule has 0 aromatic carbocycles. The van der Waals surface area contributed by atoms with Crippen LogP contribution < -0.4 is 0 Å². The van der Waals surface area contributed by atoms with E-state index in [2.05, 4.69) is 26.0 Å². The predicted molar refractivity (Wildman–Crippen MR) is 91.8 cm³/mol. The van der Waals surface area contributed by atoms with Gasteiger partial charge in [0.15, 0.2) is 0 Å². The second-order valence-electron chi connectivity index (χ2n) is 8.51. The molecule has 0 N–H and O–H groups in total. The van der Waals surface area contributed by atoms with Gasteiger partial charge in [0, 0.05) is 18.3 Å². The summed E-state index contributed by atoms with van der Waals surface area (Å²) < 4.78 is 5.51. The molecule has 0 spiro atoms. The lowest BCUT2D eigenvalue weighted by Gasteiger charge is -2.56. The summed E-state index contributed by atoms with van der Waals surface area (Å²) in [5, 5.41) is 0. The third kappa shape index (κ3) is 1.96. The maximum absolute atomic E-state index is 12.6. The molecule has 0 saturated heterocycles. The minimum atomic E-state index is 0.0328. The highest BCUT2D eigenvalue weighted by Crippen LogP contribution is 2.64. The first kappa shape index (κ1) is 15.5. The van der Waals surface area contributed by atoms with Crippen LogP contribution in [0.2, 0.25) is 0 Å². The molecule has 4 aliphatic carbocycles. The fourth-order valence-electron chi connectivity index (χ4n) is 6.68. The maximum Gasteiger partial charge on any atom is 0.139 e. The topological polar surface area (TPSA) is 26.3 Å². The minimum Gasteiger partial charge on any atom is -0.501 e. The molecule has 2 fully saturated rings. The van der Waals surface area contributed by atoms with Gasteiger partial charge >= 0.3 is 0 Å². The standard InChI is InChI=1S/C21H30O2/c1-4-21-12-10-17-16(18(21)7-8-19(21)22)6-5-14-13-15(23-3)9-11-20(14,17)2/h5,13,16-18H,4,6-12H2,1-3H3. The normalized spacial score (nSPS) is 45.5. The van der Waals surface area contributed by atoms with E-state index in [4.69, 9.17) is 4.74 Å². The van der Waals surface area contributed by atoms with Crippen molar-refractivity contribution in [3.8, 4) is 0 Å². The summed E-state index contributed by atoms with van der Waals surface area (Å²) in [5.41, 5.74) is 1.84. The molecule has 2 saturated carbocycles. The number of ether oxygens (including phenoxy) is 1. The second kappa shape index (κ2) is 5.22. The molecule has 5 unspecified atom stereocenters. The largest absolute Gasteiger partial charge is 0.501 e. The van der Waals surface area contributed by atoms with Gasteiger partial charge in [0.2, 0.25) is 0 Å². The number of methoxy groups -OCH3 is 1. The zero-order valence-corrected chi connectivity index (χ0v) is 14.9. The number of Topliss-reactive ketones (excluding diaryl/α,β-unsaturated/α-hetero) is 1. The number of ketones is 1. The van der Waals surface area contributed by atoms with Gasteiger partial charge in [-0.15, -0.1) is 0 Å². The Bertz CT molecular complexity index is 587. The number of rotatable bonds is 2. The fourth-order valence-corrected chi connectivity index (χ4v) is 6.68. The summed E-state index contributed by atoms with van der Waals surface area (Å²) in [7, 11) is 1.79. The van der Waals surface area contributed by atoms with E-state index in [0.29, 0.717) is 17.1 Å². The number of fused-ring (bicyclic) bond motifs is 5. The van der Waals surface area contributed by atoms with Crippen LogP contribution in [0.4, 0.5) is 0 Å². The van der Waals surface area contributed by atoms with Crippen LogP contribution in [0.25, 0.3) is 0 Å². The monoisotopic (exact) mass is 314 g/mol. The van der Waals surface area contributed by atoms with E-state index in [1.807, 2.05) is 0 Å². The Morgan fingerprint density at radius 2 is 2.04 bits per heavy atom. The van der Waals surface area contributed by atoms with Crippen molar-refractivity contribution in [3.05, 3.63) is 23.5 Å². The summed E-state index contributed by atoms with van der Waals surface area (Å²) in [6.07, 6.45) is 13.6. The average molecular weight is 314 g/mol. The molecule has 5 atom stereocenters. The van der Waals surface area contributed by atoms with Crippen molar-refractivity contribution in [2.75, 3.05) is 7.11 Å². The van der Waals surface area contributed by atoms with Crippen LogP contribution in [0.15, 0.2) is 23.5 Å². The number of hydrogen-bond acceptors (Lipinski definition) is 2. The molecule has 4 rings (SSSR count). The molecule has 0 aromatic rings. The lowest BCUT2D eigenvalue weighted by Crippen LogP contribution is -2.50. The minimum absolute atomic E-state index is 0.0328. The molecular weight excluding hydrogens is 284 g/mol. The van der Waals surface area contributed by atoms with Crippen LogP contribution in [-0.2, 0) is 9.53 Å². The molecule has 2 heteroatoms. The zero-order chi connectivity index (χ0) is 16.2. The predicted octanol–water partition coefficient (Wildman–Crippen LogP) is 5.05. The van der Waals surface area contributed by atoms with Gasteiger partial charge in [-0.1, -0.05) is 19.9 Å². The van der Waals surface area contributed by atoms with E-state index >= 15 is 0 Å². The smallest absolute Gasteiger partial charge is 0.139 e. The number of hydrogen-bond donors (Lipinski definition) is 0. The lowest BCUT2D eigenvalue weighted by atomic mass is 9.48. The van der Waals surface area contributed by atoms with E-state index in [-0.39, 0.29) is 5.41 Å². The molecule has 2 nitrogen and oxygen atoms in total. The second-order valence-corrected chi connectivity index (χ2v) is 8.51. The maximum atomic E-state index is 12.6. The van der Waals surface area contributed by atoms with E-state index in [1.165, 1.54) is 24.8 Å². The van der Waals surface area contributed by atoms with Crippen molar-refractivity contribution in [2.45, 2.75) is 65.2 Å². The summed E-state index contributed by atoms with van der Waals surface area (Å²) in [6, 6.07) is 0. The Morgan fingerprint density at radius 3 is 2.78 bits per heavy atom. The van der Waals surface area contributed by atoms with Gasteiger partial charge in [-0.05, 0) is 73.3 Å². The van der Waals surface area contributed by atoms with Crippen molar-refractivity contribution < 1.29 is 9.53 Å². The van der Waals surface area contributed by atoms with Crippen molar-refractivity contribution in [1.29, 1.82) is 0 Å². The number of carbonyl (C=O) groups excluding carboxylic acids is 1. The molecular formula is C21H30O2. The molecule has 0 radical (unpaired) electrons. The van der Waals surface area contributed by atoms with E-state index < -0.39 is 0 Å². The van der Waals surface area contributed by atoms with Gasteiger partial charge in [0.25, 0.3) is 0 Å². The van der Waals surface area contributed by atoms with Gasteiger partial charge in [0.1, 0.15) is 5.78 Å². The SMILES string of the molecule is CCC12CCC3C(CC=C4C=C(OC)CCC43C)C1CCC2=O. The average Bonchev–Trinajstić information content (AvgIpc) is 2.91. The highest BCUT2D eigenvalue weighted by Gasteiger charge is 2.59. The highest BCUT2D eigenvalue weighted by molar-refractivity contribution is 5.87. The highest BCUT2D eigenvalue weighted by atomic mass is 16.5. The first-order valence-corrected chi connectivity index (χ1v) is 9.53. The van der Waals surface area contributed by atoms with Crippen molar-refractivity contribution in [1.82, 2.24) is 0 Å². The molecule has 0 aromatic heterocycles. The third-order valence-corrected chi connectivity index (χ3v) is 8.07. The van der Waals surface area contributed by atoms with Crippen molar-refractivity contribution in [2.24, 2.45) is 28.6 Å². The van der Waals surface area contributed by atoms with Gasteiger partial charge in [0.05, 0.1) is 12.9 Å².